The molecule has 15 heavy (non-hydrogen) atoms. The van der Waals surface area contributed by atoms with E-state index in [9.17, 15) is 0 Å². The van der Waals surface area contributed by atoms with E-state index in [1.165, 1.54) is 5.56 Å². The molecule has 0 aliphatic rings. The van der Waals surface area contributed by atoms with Gasteiger partial charge in [-0.15, -0.1) is 0 Å². The summed E-state index contributed by atoms with van der Waals surface area (Å²) in [5.41, 5.74) is 2.21. The highest BCUT2D eigenvalue weighted by atomic mass is 35.5. The van der Waals surface area contributed by atoms with E-state index in [1.54, 1.807) is 0 Å². The van der Waals surface area contributed by atoms with Crippen LogP contribution in [0.3, 0.4) is 0 Å². The van der Waals surface area contributed by atoms with Gasteiger partial charge in [-0.2, -0.15) is 0 Å². The molecule has 1 N–H and O–H groups in total. The minimum absolute atomic E-state index is 0.834. The number of halogens is 1. The highest BCUT2D eigenvalue weighted by molar-refractivity contribution is 6.31. The maximum absolute atomic E-state index is 6.07. The van der Waals surface area contributed by atoms with Gasteiger partial charge in [0.05, 0.1) is 5.69 Å². The zero-order valence-corrected chi connectivity index (χ0v) is 9.38. The Balaban J connectivity index is 2.02. The molecule has 1 aromatic heterocycles. The zero-order valence-electron chi connectivity index (χ0n) is 8.63. The van der Waals surface area contributed by atoms with Gasteiger partial charge in [0.1, 0.15) is 5.82 Å². The standard InChI is InChI=1S/C12H13ClN2/c1-9-8-14-12(15-9)7-6-10-4-2-3-5-11(10)13/h2-5,8H,6-7H2,1H3,(H,14,15). The molecule has 0 aliphatic carbocycles. The van der Waals surface area contributed by atoms with E-state index in [0.717, 1.165) is 29.4 Å². The Morgan fingerprint density at radius 2 is 2.07 bits per heavy atom. The van der Waals surface area contributed by atoms with Gasteiger partial charge in [-0.3, -0.25) is 0 Å². The van der Waals surface area contributed by atoms with Gasteiger partial charge in [-0.05, 0) is 25.0 Å². The van der Waals surface area contributed by atoms with E-state index in [0.29, 0.717) is 0 Å². The van der Waals surface area contributed by atoms with Gasteiger partial charge in [-0.25, -0.2) is 4.98 Å². The monoisotopic (exact) mass is 220 g/mol. The van der Waals surface area contributed by atoms with E-state index < -0.39 is 0 Å². The van der Waals surface area contributed by atoms with Crippen LogP contribution in [0.25, 0.3) is 0 Å². The molecule has 1 aromatic carbocycles. The maximum Gasteiger partial charge on any atom is 0.106 e. The fraction of sp³-hybridized carbons (Fsp3) is 0.250. The molecule has 0 bridgehead atoms. The van der Waals surface area contributed by atoms with Gasteiger partial charge in [-0.1, -0.05) is 29.8 Å². The first-order chi connectivity index (χ1) is 7.25. The van der Waals surface area contributed by atoms with Crippen LogP contribution < -0.4 is 0 Å². The molecule has 0 unspecified atom stereocenters. The average molecular weight is 221 g/mol. The number of nitrogens with one attached hydrogen (secondary N) is 1. The molecule has 2 nitrogen and oxygen atoms in total. The van der Waals surface area contributed by atoms with Gasteiger partial charge < -0.3 is 4.98 Å². The molecule has 0 saturated carbocycles. The minimum atomic E-state index is 0.834. The summed E-state index contributed by atoms with van der Waals surface area (Å²) in [6, 6.07) is 7.93. The third-order valence-corrected chi connectivity index (χ3v) is 2.72. The lowest BCUT2D eigenvalue weighted by molar-refractivity contribution is 0.881. The van der Waals surface area contributed by atoms with Crippen LogP contribution in [0.15, 0.2) is 30.5 Å². The highest BCUT2D eigenvalue weighted by Crippen LogP contribution is 2.16. The van der Waals surface area contributed by atoms with Crippen molar-refractivity contribution in [2.75, 3.05) is 0 Å². The lowest BCUT2D eigenvalue weighted by atomic mass is 10.1. The van der Waals surface area contributed by atoms with Crippen LogP contribution in [0.1, 0.15) is 17.1 Å². The van der Waals surface area contributed by atoms with Crippen molar-refractivity contribution in [3.63, 3.8) is 0 Å². The second kappa shape index (κ2) is 4.49. The number of benzene rings is 1. The molecule has 2 rings (SSSR count). The second-order valence-corrected chi connectivity index (χ2v) is 3.99. The van der Waals surface area contributed by atoms with E-state index in [-0.39, 0.29) is 0 Å². The molecular formula is C12H13ClN2. The molecule has 3 heteroatoms. The number of rotatable bonds is 3. The number of hydrogen-bond acceptors (Lipinski definition) is 1. The van der Waals surface area contributed by atoms with Crippen molar-refractivity contribution in [2.45, 2.75) is 19.8 Å². The van der Waals surface area contributed by atoms with E-state index in [2.05, 4.69) is 16.0 Å². The van der Waals surface area contributed by atoms with E-state index in [1.807, 2.05) is 31.3 Å². The van der Waals surface area contributed by atoms with Gasteiger partial charge in [0, 0.05) is 17.6 Å². The molecule has 0 saturated heterocycles. The first-order valence-corrected chi connectivity index (χ1v) is 5.38. The Hall–Kier alpha value is -1.28. The Morgan fingerprint density at radius 1 is 1.27 bits per heavy atom. The minimum Gasteiger partial charge on any atom is -0.348 e. The number of aromatic nitrogens is 2. The summed E-state index contributed by atoms with van der Waals surface area (Å²) in [6.07, 6.45) is 3.74. The summed E-state index contributed by atoms with van der Waals surface area (Å²) >= 11 is 6.07. The Kier molecular flexibility index (Phi) is 3.07. The Labute approximate surface area is 94.3 Å². The summed E-state index contributed by atoms with van der Waals surface area (Å²) in [7, 11) is 0. The smallest absolute Gasteiger partial charge is 0.106 e. The Bertz CT molecular complexity index is 448. The predicted molar refractivity (Wildman–Crippen MR) is 62.2 cm³/mol. The van der Waals surface area contributed by atoms with Crippen LogP contribution in [0, 0.1) is 6.92 Å². The third kappa shape index (κ3) is 2.60. The first kappa shape index (κ1) is 10.2. The topological polar surface area (TPSA) is 28.7 Å². The molecule has 1 heterocycles. The fourth-order valence-electron chi connectivity index (χ4n) is 1.55. The van der Waals surface area contributed by atoms with Crippen molar-refractivity contribution in [2.24, 2.45) is 0 Å². The molecular weight excluding hydrogens is 208 g/mol. The SMILES string of the molecule is Cc1c[nH]c(CCc2ccccc2Cl)n1. The van der Waals surface area contributed by atoms with Crippen molar-refractivity contribution >= 4 is 11.6 Å². The summed E-state index contributed by atoms with van der Waals surface area (Å²) in [5.74, 6) is 1.02. The summed E-state index contributed by atoms with van der Waals surface area (Å²) in [5, 5.41) is 0.834. The van der Waals surface area contributed by atoms with Gasteiger partial charge >= 0.3 is 0 Å². The van der Waals surface area contributed by atoms with Crippen LogP contribution in [-0.2, 0) is 12.8 Å². The zero-order chi connectivity index (χ0) is 10.7. The number of nitrogens with zero attached hydrogens (tertiary/aromatic N) is 1. The molecule has 78 valence electrons. The molecule has 0 fully saturated rings. The second-order valence-electron chi connectivity index (χ2n) is 3.58. The molecule has 0 radical (unpaired) electrons. The van der Waals surface area contributed by atoms with Crippen molar-refractivity contribution in [1.82, 2.24) is 9.97 Å². The molecule has 0 atom stereocenters. The summed E-state index contributed by atoms with van der Waals surface area (Å²) in [4.78, 5) is 7.50. The van der Waals surface area contributed by atoms with Crippen LogP contribution in [0.5, 0.6) is 0 Å². The quantitative estimate of drug-likeness (QED) is 0.846. The average Bonchev–Trinajstić information content (AvgIpc) is 2.63. The first-order valence-electron chi connectivity index (χ1n) is 5.00. The lowest BCUT2D eigenvalue weighted by Gasteiger charge is -2.01. The fourth-order valence-corrected chi connectivity index (χ4v) is 1.78. The number of imidazole rings is 1. The third-order valence-electron chi connectivity index (χ3n) is 2.35. The Morgan fingerprint density at radius 3 is 2.73 bits per heavy atom. The van der Waals surface area contributed by atoms with Crippen LogP contribution in [0.4, 0.5) is 0 Å². The van der Waals surface area contributed by atoms with Crippen LogP contribution in [-0.4, -0.2) is 9.97 Å². The van der Waals surface area contributed by atoms with Gasteiger partial charge in [0.25, 0.3) is 0 Å². The van der Waals surface area contributed by atoms with Crippen molar-refractivity contribution in [3.8, 4) is 0 Å². The van der Waals surface area contributed by atoms with Crippen molar-refractivity contribution in [3.05, 3.63) is 52.6 Å². The predicted octanol–water partition coefficient (Wildman–Crippen LogP) is 3.16. The van der Waals surface area contributed by atoms with Crippen molar-refractivity contribution in [1.29, 1.82) is 0 Å². The maximum atomic E-state index is 6.07. The number of aryl methyl sites for hydroxylation is 3. The molecule has 2 aromatic rings. The molecule has 0 aliphatic heterocycles. The van der Waals surface area contributed by atoms with E-state index >= 15 is 0 Å². The number of aromatic amines is 1. The normalized spacial score (nSPS) is 10.5. The largest absolute Gasteiger partial charge is 0.348 e. The van der Waals surface area contributed by atoms with E-state index in [4.69, 9.17) is 11.6 Å². The van der Waals surface area contributed by atoms with Gasteiger partial charge in [0.15, 0.2) is 0 Å². The number of H-pyrrole nitrogens is 1. The van der Waals surface area contributed by atoms with Gasteiger partial charge in [0.2, 0.25) is 0 Å². The lowest BCUT2D eigenvalue weighted by Crippen LogP contribution is -1.94. The summed E-state index contributed by atoms with van der Waals surface area (Å²) < 4.78 is 0. The highest BCUT2D eigenvalue weighted by Gasteiger charge is 2.01. The van der Waals surface area contributed by atoms with Crippen molar-refractivity contribution < 1.29 is 0 Å². The summed E-state index contributed by atoms with van der Waals surface area (Å²) in [6.45, 7) is 1.98. The molecule has 0 amide bonds. The number of hydrogen-bond donors (Lipinski definition) is 1. The van der Waals surface area contributed by atoms with Crippen LogP contribution >= 0.6 is 11.6 Å². The van der Waals surface area contributed by atoms with Crippen LogP contribution in [0.2, 0.25) is 5.02 Å². The molecule has 0 spiro atoms.